The highest BCUT2D eigenvalue weighted by Crippen LogP contribution is 2.19. The van der Waals surface area contributed by atoms with E-state index in [4.69, 9.17) is 16.3 Å². The number of amides is 2. The fourth-order valence-corrected chi connectivity index (χ4v) is 3.12. The molecule has 0 radical (unpaired) electrons. The molecule has 1 aliphatic rings. The van der Waals surface area contributed by atoms with Crippen LogP contribution in [0.15, 0.2) is 35.4 Å². The molecule has 0 saturated carbocycles. The number of halogens is 1. The minimum atomic E-state index is -0.265. The van der Waals surface area contributed by atoms with Gasteiger partial charge in [0.1, 0.15) is 0 Å². The molecule has 1 atom stereocenters. The lowest BCUT2D eigenvalue weighted by Crippen LogP contribution is -2.45. The van der Waals surface area contributed by atoms with E-state index in [1.807, 2.05) is 12.1 Å². The number of carbonyl (C=O) groups is 1. The average Bonchev–Trinajstić information content (AvgIpc) is 2.66. The van der Waals surface area contributed by atoms with E-state index < -0.39 is 0 Å². The van der Waals surface area contributed by atoms with Gasteiger partial charge in [-0.2, -0.15) is 0 Å². The zero-order valence-electron chi connectivity index (χ0n) is 14.7. The summed E-state index contributed by atoms with van der Waals surface area (Å²) < 4.78 is 6.93. The number of urea groups is 1. The van der Waals surface area contributed by atoms with E-state index >= 15 is 0 Å². The zero-order chi connectivity index (χ0) is 18.7. The summed E-state index contributed by atoms with van der Waals surface area (Å²) in [6, 6.07) is 7.13. The summed E-state index contributed by atoms with van der Waals surface area (Å²) in [6.45, 7) is 1.15. The van der Waals surface area contributed by atoms with Crippen molar-refractivity contribution in [2.24, 2.45) is 7.05 Å². The zero-order valence-corrected chi connectivity index (χ0v) is 15.5. The molecule has 1 aromatic carbocycles. The second-order valence-electron chi connectivity index (χ2n) is 6.22. The van der Waals surface area contributed by atoms with E-state index in [2.05, 4.69) is 10.3 Å². The number of methoxy groups -OCH3 is 1. The monoisotopic (exact) mass is 376 g/mol. The summed E-state index contributed by atoms with van der Waals surface area (Å²) in [5.74, 6) is 0. The van der Waals surface area contributed by atoms with Gasteiger partial charge in [0.05, 0.1) is 24.7 Å². The number of nitrogens with one attached hydrogen (secondary N) is 1. The van der Waals surface area contributed by atoms with Crippen LogP contribution in [0, 0.1) is 0 Å². The van der Waals surface area contributed by atoms with Gasteiger partial charge in [0.15, 0.2) is 0 Å². The van der Waals surface area contributed by atoms with E-state index in [1.165, 1.54) is 10.9 Å². The number of ether oxygens (including phenoxy) is 1. The van der Waals surface area contributed by atoms with E-state index in [-0.39, 0.29) is 17.7 Å². The maximum atomic E-state index is 12.5. The Balaban J connectivity index is 1.62. The van der Waals surface area contributed by atoms with Crippen LogP contribution < -0.4 is 10.9 Å². The van der Waals surface area contributed by atoms with Gasteiger partial charge in [-0.1, -0.05) is 23.7 Å². The lowest BCUT2D eigenvalue weighted by molar-refractivity contribution is 0.101. The molecule has 7 nitrogen and oxygen atoms in total. The number of fused-ring (bicyclic) bond motifs is 1. The number of aryl methyl sites for hydroxylation is 1. The maximum absolute atomic E-state index is 12.5. The number of rotatable bonds is 4. The molecular weight excluding hydrogens is 356 g/mol. The quantitative estimate of drug-likeness (QED) is 0.884. The molecule has 8 heteroatoms. The van der Waals surface area contributed by atoms with Crippen LogP contribution in [0.25, 0.3) is 0 Å². The minimum Gasteiger partial charge on any atom is -0.375 e. The van der Waals surface area contributed by atoms with E-state index in [1.54, 1.807) is 31.2 Å². The molecule has 2 heterocycles. The number of benzene rings is 1. The van der Waals surface area contributed by atoms with Gasteiger partial charge in [-0.05, 0) is 24.1 Å². The molecule has 1 aliphatic heterocycles. The summed E-state index contributed by atoms with van der Waals surface area (Å²) in [6.07, 6.45) is 1.73. The second kappa shape index (κ2) is 7.88. The molecule has 2 amide bonds. The Bertz CT molecular complexity index is 851. The largest absolute Gasteiger partial charge is 0.375 e. The van der Waals surface area contributed by atoms with Gasteiger partial charge in [-0.15, -0.1) is 0 Å². The molecular formula is C18H21ClN4O3. The van der Waals surface area contributed by atoms with Gasteiger partial charge in [0.2, 0.25) is 0 Å². The first kappa shape index (κ1) is 18.4. The Hall–Kier alpha value is -2.38. The Labute approximate surface area is 156 Å². The molecule has 1 N–H and O–H groups in total. The fourth-order valence-electron chi connectivity index (χ4n) is 3.00. The molecule has 0 saturated heterocycles. The minimum absolute atomic E-state index is 0.0442. The first-order valence-corrected chi connectivity index (χ1v) is 8.71. The van der Waals surface area contributed by atoms with Crippen molar-refractivity contribution in [1.29, 1.82) is 0 Å². The molecule has 138 valence electrons. The third-order valence-corrected chi connectivity index (χ3v) is 4.79. The van der Waals surface area contributed by atoms with E-state index in [0.29, 0.717) is 42.3 Å². The topological polar surface area (TPSA) is 76.5 Å². The van der Waals surface area contributed by atoms with Crippen molar-refractivity contribution in [1.82, 2.24) is 19.8 Å². The van der Waals surface area contributed by atoms with Gasteiger partial charge in [-0.3, -0.25) is 4.79 Å². The molecule has 0 bridgehead atoms. The highest BCUT2D eigenvalue weighted by molar-refractivity contribution is 6.30. The van der Waals surface area contributed by atoms with Crippen LogP contribution in [0.2, 0.25) is 5.02 Å². The molecule has 0 fully saturated rings. The van der Waals surface area contributed by atoms with Crippen molar-refractivity contribution in [3.8, 4) is 0 Å². The van der Waals surface area contributed by atoms with Crippen LogP contribution in [0.3, 0.4) is 0 Å². The molecule has 1 unspecified atom stereocenters. The molecule has 0 aliphatic carbocycles. The first-order valence-electron chi connectivity index (χ1n) is 8.34. The molecule has 3 rings (SSSR count). The number of nitrogens with zero attached hydrogens (tertiary/aromatic N) is 3. The lowest BCUT2D eigenvalue weighted by atomic mass is 10.1. The summed E-state index contributed by atoms with van der Waals surface area (Å²) in [7, 11) is 3.28. The number of hydrogen-bond acceptors (Lipinski definition) is 4. The van der Waals surface area contributed by atoms with Gasteiger partial charge < -0.3 is 19.5 Å². The van der Waals surface area contributed by atoms with Crippen molar-refractivity contribution in [3.63, 3.8) is 0 Å². The van der Waals surface area contributed by atoms with Crippen molar-refractivity contribution in [2.45, 2.75) is 19.1 Å². The van der Waals surface area contributed by atoms with Gasteiger partial charge >= 0.3 is 6.03 Å². The van der Waals surface area contributed by atoms with Crippen LogP contribution in [-0.2, 0) is 24.8 Å². The molecule has 0 spiro atoms. The highest BCUT2D eigenvalue weighted by Gasteiger charge is 2.24. The summed E-state index contributed by atoms with van der Waals surface area (Å²) in [5, 5.41) is 3.54. The fraction of sp³-hybridized carbons (Fsp3) is 0.389. The lowest BCUT2D eigenvalue weighted by Gasteiger charge is -2.28. The van der Waals surface area contributed by atoms with E-state index in [9.17, 15) is 9.59 Å². The molecule has 1 aromatic heterocycles. The van der Waals surface area contributed by atoms with E-state index in [0.717, 1.165) is 5.56 Å². The smallest absolute Gasteiger partial charge is 0.317 e. The van der Waals surface area contributed by atoms with Crippen LogP contribution in [0.1, 0.15) is 22.9 Å². The second-order valence-corrected chi connectivity index (χ2v) is 6.66. The van der Waals surface area contributed by atoms with Crippen LogP contribution in [0.5, 0.6) is 0 Å². The SMILES string of the molecule is COC(CNC(=O)N1CCc2c(ncn(C)c2=O)C1)c1ccc(Cl)cc1. The molecule has 2 aromatic rings. The predicted octanol–water partition coefficient (Wildman–Crippen LogP) is 1.89. The Kier molecular flexibility index (Phi) is 5.58. The van der Waals surface area contributed by atoms with Crippen LogP contribution in [-0.4, -0.2) is 40.7 Å². The maximum Gasteiger partial charge on any atom is 0.317 e. The summed E-state index contributed by atoms with van der Waals surface area (Å²) in [5.41, 5.74) is 2.24. The first-order chi connectivity index (χ1) is 12.5. The summed E-state index contributed by atoms with van der Waals surface area (Å²) in [4.78, 5) is 30.5. The average molecular weight is 377 g/mol. The standard InChI is InChI=1S/C18H21ClN4O3/c1-22-11-21-15-10-23(8-7-14(15)17(22)24)18(25)20-9-16(26-2)12-3-5-13(19)6-4-12/h3-6,11,16H,7-10H2,1-2H3,(H,20,25). The third-order valence-electron chi connectivity index (χ3n) is 4.54. The van der Waals surface area contributed by atoms with Gasteiger partial charge in [0, 0.05) is 37.8 Å². The van der Waals surface area contributed by atoms with Crippen LogP contribution in [0.4, 0.5) is 4.79 Å². The van der Waals surface area contributed by atoms with Crippen molar-refractivity contribution >= 4 is 17.6 Å². The van der Waals surface area contributed by atoms with Crippen molar-refractivity contribution in [3.05, 3.63) is 62.8 Å². The molecule has 26 heavy (non-hydrogen) atoms. The van der Waals surface area contributed by atoms with Crippen LogP contribution >= 0.6 is 11.6 Å². The Morgan fingerprint density at radius 1 is 1.38 bits per heavy atom. The Morgan fingerprint density at radius 2 is 2.12 bits per heavy atom. The Morgan fingerprint density at radius 3 is 2.81 bits per heavy atom. The van der Waals surface area contributed by atoms with Gasteiger partial charge in [-0.25, -0.2) is 9.78 Å². The number of carbonyl (C=O) groups excluding carboxylic acids is 1. The van der Waals surface area contributed by atoms with Crippen molar-refractivity contribution in [2.75, 3.05) is 20.2 Å². The normalized spacial score (nSPS) is 14.7. The third kappa shape index (κ3) is 3.89. The number of hydrogen-bond donors (Lipinski definition) is 1. The highest BCUT2D eigenvalue weighted by atomic mass is 35.5. The number of aromatic nitrogens is 2. The predicted molar refractivity (Wildman–Crippen MR) is 98.2 cm³/mol. The van der Waals surface area contributed by atoms with Gasteiger partial charge in [0.25, 0.3) is 5.56 Å². The summed E-state index contributed by atoms with van der Waals surface area (Å²) >= 11 is 5.90. The van der Waals surface area contributed by atoms with Crippen molar-refractivity contribution < 1.29 is 9.53 Å².